The third kappa shape index (κ3) is 13.1. The molecular formula is C25H47NO5. The molecule has 1 N–H and O–H groups in total. The average molecular weight is 442 g/mol. The molecule has 1 aliphatic rings. The lowest BCUT2D eigenvalue weighted by Gasteiger charge is -2.40. The molecule has 6 nitrogen and oxygen atoms in total. The SMILES string of the molecule is CCCCCCCC(=O)OCC1(COC(=O)CCCCCCC)CCN(CCO)CC1. The fourth-order valence-electron chi connectivity index (χ4n) is 4.08. The van der Waals surface area contributed by atoms with Crippen LogP contribution in [0.5, 0.6) is 0 Å². The van der Waals surface area contributed by atoms with E-state index in [0.717, 1.165) is 51.6 Å². The minimum atomic E-state index is -0.304. The Kier molecular flexibility index (Phi) is 15.7. The molecule has 1 aliphatic heterocycles. The fraction of sp³-hybridized carbons (Fsp3) is 0.920. The van der Waals surface area contributed by atoms with Crippen LogP contribution in [0.25, 0.3) is 0 Å². The molecule has 0 aromatic heterocycles. The molecule has 0 bridgehead atoms. The number of aliphatic hydroxyl groups excluding tert-OH is 1. The van der Waals surface area contributed by atoms with Crippen molar-refractivity contribution in [2.24, 2.45) is 5.41 Å². The van der Waals surface area contributed by atoms with Crippen LogP contribution in [0.3, 0.4) is 0 Å². The third-order valence-corrected chi connectivity index (χ3v) is 6.38. The van der Waals surface area contributed by atoms with Crippen LogP contribution >= 0.6 is 0 Å². The molecule has 0 aliphatic carbocycles. The van der Waals surface area contributed by atoms with Gasteiger partial charge in [-0.05, 0) is 38.8 Å². The number of ether oxygens (including phenoxy) is 2. The van der Waals surface area contributed by atoms with Gasteiger partial charge in [-0.15, -0.1) is 0 Å². The number of unbranched alkanes of at least 4 members (excludes halogenated alkanes) is 8. The summed E-state index contributed by atoms with van der Waals surface area (Å²) in [5.41, 5.74) is -0.304. The van der Waals surface area contributed by atoms with Crippen LogP contribution in [0.15, 0.2) is 0 Å². The van der Waals surface area contributed by atoms with Crippen molar-refractivity contribution in [3.63, 3.8) is 0 Å². The first-order chi connectivity index (χ1) is 15.0. The summed E-state index contributed by atoms with van der Waals surface area (Å²) in [6.07, 6.45) is 13.6. The standard InChI is InChI=1S/C25H47NO5/c1-3-5-7-9-11-13-23(28)30-21-25(15-17-26(18-16-25)19-20-27)22-31-24(29)14-12-10-8-6-4-2/h27H,3-22H2,1-2H3. The second kappa shape index (κ2) is 17.4. The third-order valence-electron chi connectivity index (χ3n) is 6.38. The summed E-state index contributed by atoms with van der Waals surface area (Å²) in [5.74, 6) is -0.285. The Morgan fingerprint density at radius 2 is 1.23 bits per heavy atom. The normalized spacial score (nSPS) is 16.2. The van der Waals surface area contributed by atoms with Crippen LogP contribution in [0.1, 0.15) is 104 Å². The summed E-state index contributed by atoms with van der Waals surface area (Å²) in [5, 5.41) is 9.19. The number of hydrogen-bond acceptors (Lipinski definition) is 6. The van der Waals surface area contributed by atoms with Crippen LogP contribution in [0.4, 0.5) is 0 Å². The Hall–Kier alpha value is -1.14. The van der Waals surface area contributed by atoms with Crippen LogP contribution in [0.2, 0.25) is 0 Å². The van der Waals surface area contributed by atoms with Gasteiger partial charge in [-0.2, -0.15) is 0 Å². The topological polar surface area (TPSA) is 76.1 Å². The Bertz CT molecular complexity index is 443. The Morgan fingerprint density at radius 3 is 1.65 bits per heavy atom. The van der Waals surface area contributed by atoms with Gasteiger partial charge in [0.15, 0.2) is 0 Å². The molecule has 0 unspecified atom stereocenters. The lowest BCUT2D eigenvalue weighted by molar-refractivity contribution is -0.157. The molecule has 0 amide bonds. The summed E-state index contributed by atoms with van der Waals surface area (Å²) in [7, 11) is 0. The lowest BCUT2D eigenvalue weighted by Crippen LogP contribution is -2.46. The molecule has 182 valence electrons. The molecular weight excluding hydrogens is 394 g/mol. The van der Waals surface area contributed by atoms with E-state index in [1.807, 2.05) is 0 Å². The van der Waals surface area contributed by atoms with Crippen LogP contribution < -0.4 is 0 Å². The van der Waals surface area contributed by atoms with Crippen molar-refractivity contribution < 1.29 is 24.2 Å². The van der Waals surface area contributed by atoms with Gasteiger partial charge in [0.05, 0.1) is 6.61 Å². The quantitative estimate of drug-likeness (QED) is 0.242. The molecule has 0 saturated carbocycles. The van der Waals surface area contributed by atoms with Crippen LogP contribution in [-0.2, 0) is 19.1 Å². The number of aliphatic hydroxyl groups is 1. The van der Waals surface area contributed by atoms with E-state index >= 15 is 0 Å². The van der Waals surface area contributed by atoms with Gasteiger partial charge in [-0.25, -0.2) is 0 Å². The molecule has 1 heterocycles. The first-order valence-electron chi connectivity index (χ1n) is 12.7. The van der Waals surface area contributed by atoms with Gasteiger partial charge >= 0.3 is 11.9 Å². The van der Waals surface area contributed by atoms with Crippen molar-refractivity contribution in [1.82, 2.24) is 4.90 Å². The van der Waals surface area contributed by atoms with E-state index in [0.29, 0.717) is 32.6 Å². The van der Waals surface area contributed by atoms with E-state index in [2.05, 4.69) is 18.7 Å². The zero-order valence-corrected chi connectivity index (χ0v) is 20.2. The van der Waals surface area contributed by atoms with Gasteiger partial charge in [0.25, 0.3) is 0 Å². The number of nitrogens with zero attached hydrogens (tertiary/aromatic N) is 1. The number of hydrogen-bond donors (Lipinski definition) is 1. The minimum absolute atomic E-state index is 0.143. The highest BCUT2D eigenvalue weighted by Gasteiger charge is 2.37. The van der Waals surface area contributed by atoms with Crippen LogP contribution in [-0.4, -0.2) is 61.4 Å². The number of piperidine rings is 1. The van der Waals surface area contributed by atoms with E-state index in [9.17, 15) is 14.7 Å². The number of β-amino-alcohol motifs (C(OH)–C–C–N with tert-alkyl or cyclic N) is 1. The van der Waals surface area contributed by atoms with Crippen LogP contribution in [0, 0.1) is 5.41 Å². The van der Waals surface area contributed by atoms with Crippen molar-refractivity contribution in [3.05, 3.63) is 0 Å². The molecule has 1 rings (SSSR count). The van der Waals surface area contributed by atoms with Gasteiger partial charge in [-0.3, -0.25) is 9.59 Å². The highest BCUT2D eigenvalue weighted by Crippen LogP contribution is 2.33. The van der Waals surface area contributed by atoms with Gasteiger partial charge in [0.1, 0.15) is 13.2 Å². The molecule has 1 saturated heterocycles. The average Bonchev–Trinajstić information content (AvgIpc) is 2.78. The number of likely N-dealkylation sites (tertiary alicyclic amines) is 1. The summed E-state index contributed by atoms with van der Waals surface area (Å²) in [4.78, 5) is 26.7. The van der Waals surface area contributed by atoms with E-state index in [1.54, 1.807) is 0 Å². The first-order valence-corrected chi connectivity index (χ1v) is 12.7. The van der Waals surface area contributed by atoms with Gasteiger partial charge in [0, 0.05) is 24.8 Å². The second-order valence-corrected chi connectivity index (χ2v) is 9.22. The Balaban J connectivity index is 2.43. The fourth-order valence-corrected chi connectivity index (χ4v) is 4.08. The van der Waals surface area contributed by atoms with E-state index in [1.165, 1.54) is 38.5 Å². The zero-order valence-electron chi connectivity index (χ0n) is 20.2. The van der Waals surface area contributed by atoms with E-state index < -0.39 is 0 Å². The first kappa shape index (κ1) is 27.9. The van der Waals surface area contributed by atoms with Crippen molar-refractivity contribution in [3.8, 4) is 0 Å². The van der Waals surface area contributed by atoms with E-state index in [-0.39, 0.29) is 24.0 Å². The molecule has 6 heteroatoms. The van der Waals surface area contributed by atoms with Gasteiger partial charge in [0.2, 0.25) is 0 Å². The highest BCUT2D eigenvalue weighted by atomic mass is 16.5. The minimum Gasteiger partial charge on any atom is -0.465 e. The number of carbonyl (C=O) groups is 2. The van der Waals surface area contributed by atoms with Gasteiger partial charge in [-0.1, -0.05) is 65.2 Å². The zero-order chi connectivity index (χ0) is 22.8. The monoisotopic (exact) mass is 441 g/mol. The summed E-state index contributed by atoms with van der Waals surface area (Å²) in [6, 6.07) is 0. The molecule has 0 spiro atoms. The number of rotatable bonds is 18. The molecule has 0 atom stereocenters. The maximum atomic E-state index is 12.2. The second-order valence-electron chi connectivity index (χ2n) is 9.22. The maximum absolute atomic E-state index is 12.2. The van der Waals surface area contributed by atoms with Crippen molar-refractivity contribution in [2.75, 3.05) is 39.5 Å². The Labute approximate surface area is 190 Å². The largest absolute Gasteiger partial charge is 0.465 e. The predicted octanol–water partition coefficient (Wildman–Crippen LogP) is 4.87. The molecule has 1 fully saturated rings. The lowest BCUT2D eigenvalue weighted by atomic mass is 9.79. The molecule has 31 heavy (non-hydrogen) atoms. The molecule has 0 radical (unpaired) electrons. The number of carbonyl (C=O) groups excluding carboxylic acids is 2. The summed E-state index contributed by atoms with van der Waals surface area (Å²) < 4.78 is 11.3. The predicted molar refractivity (Wildman–Crippen MR) is 124 cm³/mol. The van der Waals surface area contributed by atoms with Crippen molar-refractivity contribution in [2.45, 2.75) is 104 Å². The van der Waals surface area contributed by atoms with E-state index in [4.69, 9.17) is 9.47 Å². The van der Waals surface area contributed by atoms with Crippen molar-refractivity contribution in [1.29, 1.82) is 0 Å². The van der Waals surface area contributed by atoms with Crippen molar-refractivity contribution >= 4 is 11.9 Å². The van der Waals surface area contributed by atoms with Gasteiger partial charge < -0.3 is 19.5 Å². The smallest absolute Gasteiger partial charge is 0.305 e. The summed E-state index contributed by atoms with van der Waals surface area (Å²) in [6.45, 7) is 7.44. The Morgan fingerprint density at radius 1 is 0.774 bits per heavy atom. The molecule has 0 aromatic carbocycles. The maximum Gasteiger partial charge on any atom is 0.305 e. The summed E-state index contributed by atoms with van der Waals surface area (Å²) >= 11 is 0. The highest BCUT2D eigenvalue weighted by molar-refractivity contribution is 5.69. The molecule has 0 aromatic rings. The number of esters is 2.